The summed E-state index contributed by atoms with van der Waals surface area (Å²) in [6, 6.07) is 0. The zero-order valence-corrected chi connectivity index (χ0v) is 12.9. The minimum atomic E-state index is -0.920. The smallest absolute Gasteiger partial charge is 0.411 e. The van der Waals surface area contributed by atoms with E-state index in [4.69, 9.17) is 15.2 Å². The maximum atomic E-state index is 12.3. The van der Waals surface area contributed by atoms with E-state index < -0.39 is 17.2 Å². The van der Waals surface area contributed by atoms with Crippen molar-refractivity contribution in [3.63, 3.8) is 0 Å². The van der Waals surface area contributed by atoms with Crippen LogP contribution in [0.15, 0.2) is 0 Å². The van der Waals surface area contributed by atoms with E-state index in [9.17, 15) is 9.59 Å². The molecule has 1 unspecified atom stereocenters. The van der Waals surface area contributed by atoms with Crippen LogP contribution in [0, 0.1) is 0 Å². The second-order valence-electron chi connectivity index (χ2n) is 6.15. The molecule has 1 aliphatic heterocycles. The van der Waals surface area contributed by atoms with E-state index in [0.717, 1.165) is 6.42 Å². The topological polar surface area (TPSA) is 81.9 Å². The Morgan fingerprint density at radius 3 is 2.50 bits per heavy atom. The quantitative estimate of drug-likeness (QED) is 0.795. The number of carbonyl (C=O) groups excluding carboxylic acids is 2. The molecule has 116 valence electrons. The summed E-state index contributed by atoms with van der Waals surface area (Å²) in [6.07, 6.45) is 2.07. The molecule has 0 aromatic heterocycles. The summed E-state index contributed by atoms with van der Waals surface area (Å²) >= 11 is 0. The first-order valence-electron chi connectivity index (χ1n) is 7.06. The van der Waals surface area contributed by atoms with E-state index in [-0.39, 0.29) is 5.97 Å². The number of hydrogen-bond acceptors (Lipinski definition) is 5. The van der Waals surface area contributed by atoms with Gasteiger partial charge in [0.1, 0.15) is 11.1 Å². The molecule has 1 heterocycles. The van der Waals surface area contributed by atoms with E-state index in [1.807, 2.05) is 0 Å². The standard InChI is InChI=1S/C14H26N2O4/c1-13(2,3)20-12(18)16-10-6-8-14(16,7-5-9-15)11(17)19-4/h5-10,15H2,1-4H3. The number of likely N-dealkylation sites (tertiary alicyclic amines) is 1. The van der Waals surface area contributed by atoms with Crippen molar-refractivity contribution in [1.82, 2.24) is 4.90 Å². The van der Waals surface area contributed by atoms with Gasteiger partial charge in [-0.1, -0.05) is 0 Å². The number of esters is 1. The van der Waals surface area contributed by atoms with Gasteiger partial charge < -0.3 is 15.2 Å². The lowest BCUT2D eigenvalue weighted by Gasteiger charge is -2.36. The van der Waals surface area contributed by atoms with Gasteiger partial charge in [-0.2, -0.15) is 0 Å². The third-order valence-corrected chi connectivity index (χ3v) is 3.46. The van der Waals surface area contributed by atoms with Crippen LogP contribution in [0.25, 0.3) is 0 Å². The van der Waals surface area contributed by atoms with Crippen LogP contribution < -0.4 is 5.73 Å². The number of ether oxygens (including phenoxy) is 2. The number of hydrogen-bond donors (Lipinski definition) is 1. The molecule has 0 aromatic rings. The number of carbonyl (C=O) groups is 2. The first-order chi connectivity index (χ1) is 9.27. The number of rotatable bonds is 4. The van der Waals surface area contributed by atoms with Crippen LogP contribution in [0.2, 0.25) is 0 Å². The SMILES string of the molecule is COC(=O)C1(CCCN)CCCN1C(=O)OC(C)(C)C. The molecule has 0 radical (unpaired) electrons. The molecule has 0 saturated carbocycles. The van der Waals surface area contributed by atoms with Crippen molar-refractivity contribution in [3.05, 3.63) is 0 Å². The fraction of sp³-hybridized carbons (Fsp3) is 0.857. The first-order valence-corrected chi connectivity index (χ1v) is 7.06. The van der Waals surface area contributed by atoms with Crippen molar-refractivity contribution in [1.29, 1.82) is 0 Å². The van der Waals surface area contributed by atoms with Crippen LogP contribution in [0.5, 0.6) is 0 Å². The van der Waals surface area contributed by atoms with Crippen LogP contribution in [0.1, 0.15) is 46.5 Å². The highest BCUT2D eigenvalue weighted by atomic mass is 16.6. The van der Waals surface area contributed by atoms with E-state index >= 15 is 0 Å². The zero-order valence-electron chi connectivity index (χ0n) is 12.9. The molecule has 2 N–H and O–H groups in total. The minimum Gasteiger partial charge on any atom is -0.467 e. The molecule has 1 atom stereocenters. The minimum absolute atomic E-state index is 0.380. The second kappa shape index (κ2) is 6.43. The molecule has 1 fully saturated rings. The lowest BCUT2D eigenvalue weighted by molar-refractivity contribution is -0.153. The van der Waals surface area contributed by atoms with Crippen LogP contribution in [-0.2, 0) is 14.3 Å². The number of nitrogens with zero attached hydrogens (tertiary/aromatic N) is 1. The Morgan fingerprint density at radius 2 is 2.00 bits per heavy atom. The molecule has 0 aliphatic carbocycles. The van der Waals surface area contributed by atoms with Crippen molar-refractivity contribution in [2.45, 2.75) is 57.6 Å². The van der Waals surface area contributed by atoms with Crippen molar-refractivity contribution >= 4 is 12.1 Å². The van der Waals surface area contributed by atoms with Gasteiger partial charge in [-0.3, -0.25) is 4.90 Å². The van der Waals surface area contributed by atoms with Crippen LogP contribution in [0.4, 0.5) is 4.79 Å². The van der Waals surface area contributed by atoms with Crippen LogP contribution in [0.3, 0.4) is 0 Å². The fourth-order valence-electron chi connectivity index (χ4n) is 2.62. The normalized spacial score (nSPS) is 22.8. The zero-order chi connectivity index (χ0) is 15.4. The molecule has 0 aromatic carbocycles. The predicted octanol–water partition coefficient (Wildman–Crippen LogP) is 1.67. The van der Waals surface area contributed by atoms with Crippen molar-refractivity contribution < 1.29 is 19.1 Å². The van der Waals surface area contributed by atoms with E-state index in [1.165, 1.54) is 12.0 Å². The summed E-state index contributed by atoms with van der Waals surface area (Å²) in [7, 11) is 1.35. The maximum absolute atomic E-state index is 12.3. The average molecular weight is 286 g/mol. The van der Waals surface area contributed by atoms with Gasteiger partial charge in [0.15, 0.2) is 0 Å². The van der Waals surface area contributed by atoms with Gasteiger partial charge in [0.25, 0.3) is 0 Å². The monoisotopic (exact) mass is 286 g/mol. The summed E-state index contributed by atoms with van der Waals surface area (Å²) in [5.41, 5.74) is 4.04. The molecule has 1 saturated heterocycles. The van der Waals surface area contributed by atoms with Crippen LogP contribution >= 0.6 is 0 Å². The Kier molecular flexibility index (Phi) is 5.39. The van der Waals surface area contributed by atoms with Gasteiger partial charge in [-0.15, -0.1) is 0 Å². The maximum Gasteiger partial charge on any atom is 0.411 e. The van der Waals surface area contributed by atoms with E-state index in [0.29, 0.717) is 32.4 Å². The molecule has 6 nitrogen and oxygen atoms in total. The van der Waals surface area contributed by atoms with Crippen molar-refractivity contribution in [2.75, 3.05) is 20.2 Å². The summed E-state index contributed by atoms with van der Waals surface area (Å²) in [5, 5.41) is 0. The molecule has 0 spiro atoms. The third-order valence-electron chi connectivity index (χ3n) is 3.46. The molecule has 6 heteroatoms. The third kappa shape index (κ3) is 3.62. The van der Waals surface area contributed by atoms with Gasteiger partial charge in [-0.05, 0) is 53.0 Å². The summed E-state index contributed by atoms with van der Waals surface area (Å²) in [6.45, 7) is 6.40. The lowest BCUT2D eigenvalue weighted by Crippen LogP contribution is -2.54. The molecule has 20 heavy (non-hydrogen) atoms. The van der Waals surface area contributed by atoms with Crippen LogP contribution in [-0.4, -0.2) is 48.3 Å². The Morgan fingerprint density at radius 1 is 1.35 bits per heavy atom. The number of amides is 1. The summed E-state index contributed by atoms with van der Waals surface area (Å²) in [4.78, 5) is 26.0. The van der Waals surface area contributed by atoms with Gasteiger partial charge >= 0.3 is 12.1 Å². The van der Waals surface area contributed by atoms with Crippen molar-refractivity contribution in [3.8, 4) is 0 Å². The summed E-state index contributed by atoms with van der Waals surface area (Å²) in [5.74, 6) is -0.380. The fourth-order valence-corrected chi connectivity index (χ4v) is 2.62. The highest BCUT2D eigenvalue weighted by Gasteiger charge is 2.51. The van der Waals surface area contributed by atoms with Gasteiger partial charge in [-0.25, -0.2) is 9.59 Å². The summed E-state index contributed by atoms with van der Waals surface area (Å²) < 4.78 is 10.3. The molecule has 0 bridgehead atoms. The number of methoxy groups -OCH3 is 1. The molecule has 1 rings (SSSR count). The second-order valence-corrected chi connectivity index (χ2v) is 6.15. The van der Waals surface area contributed by atoms with Crippen molar-refractivity contribution in [2.24, 2.45) is 5.73 Å². The van der Waals surface area contributed by atoms with E-state index in [1.54, 1.807) is 20.8 Å². The van der Waals surface area contributed by atoms with Gasteiger partial charge in [0.2, 0.25) is 0 Å². The largest absolute Gasteiger partial charge is 0.467 e. The molecule has 1 aliphatic rings. The molecular formula is C14H26N2O4. The Labute approximate surface area is 120 Å². The number of nitrogens with two attached hydrogens (primary N) is 1. The Balaban J connectivity index is 2.96. The molecule has 1 amide bonds. The highest BCUT2D eigenvalue weighted by molar-refractivity contribution is 5.86. The lowest BCUT2D eigenvalue weighted by atomic mass is 9.90. The predicted molar refractivity (Wildman–Crippen MR) is 75.2 cm³/mol. The van der Waals surface area contributed by atoms with E-state index in [2.05, 4.69) is 0 Å². The van der Waals surface area contributed by atoms with Gasteiger partial charge in [0, 0.05) is 6.54 Å². The highest BCUT2D eigenvalue weighted by Crippen LogP contribution is 2.35. The van der Waals surface area contributed by atoms with Gasteiger partial charge in [0.05, 0.1) is 7.11 Å². The Bertz CT molecular complexity index is 365. The molecular weight excluding hydrogens is 260 g/mol. The average Bonchev–Trinajstić information content (AvgIpc) is 2.78. The first kappa shape index (κ1) is 16.8. The Hall–Kier alpha value is -1.30.